The highest BCUT2D eigenvalue weighted by atomic mass is 16.5. The first-order valence-electron chi connectivity index (χ1n) is 6.01. The van der Waals surface area contributed by atoms with Gasteiger partial charge >= 0.3 is 5.97 Å². The molecule has 1 aromatic heterocycles. The van der Waals surface area contributed by atoms with Gasteiger partial charge in [0.2, 0.25) is 0 Å². The largest absolute Gasteiger partial charge is 0.504 e. The molecule has 0 saturated heterocycles. The van der Waals surface area contributed by atoms with Crippen LogP contribution in [0.2, 0.25) is 0 Å². The van der Waals surface area contributed by atoms with Crippen LogP contribution in [0.1, 0.15) is 21.7 Å². The molecule has 0 bridgehead atoms. The molecular weight excluding hydrogens is 260 g/mol. The number of carboxylic acid groups (broad SMARTS) is 1. The zero-order valence-corrected chi connectivity index (χ0v) is 11.8. The fourth-order valence-corrected chi connectivity index (χ4v) is 2.24. The SMILES string of the molecule is COc1cc(C(=O)O)cc(-c2c(C)nn(C)c2C)c1O. The quantitative estimate of drug-likeness (QED) is 0.897. The van der Waals surface area contributed by atoms with Gasteiger partial charge in [-0.3, -0.25) is 4.68 Å². The molecule has 0 radical (unpaired) electrons. The van der Waals surface area contributed by atoms with Crippen molar-refractivity contribution in [3.05, 3.63) is 29.1 Å². The summed E-state index contributed by atoms with van der Waals surface area (Å²) in [6.07, 6.45) is 0. The van der Waals surface area contributed by atoms with Crippen molar-refractivity contribution in [2.45, 2.75) is 13.8 Å². The van der Waals surface area contributed by atoms with E-state index in [-0.39, 0.29) is 17.1 Å². The van der Waals surface area contributed by atoms with Crippen LogP contribution in [0.25, 0.3) is 11.1 Å². The van der Waals surface area contributed by atoms with Crippen molar-refractivity contribution < 1.29 is 19.7 Å². The first kappa shape index (κ1) is 13.9. The van der Waals surface area contributed by atoms with E-state index in [2.05, 4.69) is 5.10 Å². The molecule has 0 amide bonds. The van der Waals surface area contributed by atoms with Gasteiger partial charge in [0, 0.05) is 23.9 Å². The molecule has 1 heterocycles. The molecule has 1 aromatic carbocycles. The van der Waals surface area contributed by atoms with Crippen molar-refractivity contribution in [3.63, 3.8) is 0 Å². The summed E-state index contributed by atoms with van der Waals surface area (Å²) in [6.45, 7) is 3.66. The van der Waals surface area contributed by atoms with Crippen molar-refractivity contribution in [3.8, 4) is 22.6 Å². The van der Waals surface area contributed by atoms with Crippen LogP contribution in [0, 0.1) is 13.8 Å². The van der Waals surface area contributed by atoms with Crippen LogP contribution >= 0.6 is 0 Å². The number of hydrogen-bond donors (Lipinski definition) is 2. The van der Waals surface area contributed by atoms with Crippen molar-refractivity contribution in [2.75, 3.05) is 7.11 Å². The van der Waals surface area contributed by atoms with Gasteiger partial charge < -0.3 is 14.9 Å². The number of aromatic carboxylic acids is 1. The summed E-state index contributed by atoms with van der Waals surface area (Å²) in [6, 6.07) is 2.72. The summed E-state index contributed by atoms with van der Waals surface area (Å²) in [5.41, 5.74) is 2.72. The van der Waals surface area contributed by atoms with Crippen molar-refractivity contribution in [1.82, 2.24) is 9.78 Å². The molecule has 0 aliphatic rings. The molecule has 0 aliphatic carbocycles. The number of aryl methyl sites for hydroxylation is 2. The summed E-state index contributed by atoms with van der Waals surface area (Å²) >= 11 is 0. The van der Waals surface area contributed by atoms with Crippen LogP contribution in [0.5, 0.6) is 11.5 Å². The van der Waals surface area contributed by atoms with Crippen molar-refractivity contribution >= 4 is 5.97 Å². The predicted octanol–water partition coefficient (Wildman–Crippen LogP) is 2.12. The van der Waals surface area contributed by atoms with E-state index in [1.165, 1.54) is 19.2 Å². The topological polar surface area (TPSA) is 84.6 Å². The number of phenolic OH excluding ortho intramolecular Hbond substituents is 1. The number of aromatic nitrogens is 2. The zero-order valence-electron chi connectivity index (χ0n) is 11.8. The molecule has 0 spiro atoms. The summed E-state index contributed by atoms with van der Waals surface area (Å²) in [7, 11) is 3.18. The second-order valence-corrected chi connectivity index (χ2v) is 4.55. The summed E-state index contributed by atoms with van der Waals surface area (Å²) in [4.78, 5) is 11.2. The molecule has 20 heavy (non-hydrogen) atoms. The molecule has 0 unspecified atom stereocenters. The maximum atomic E-state index is 11.2. The van der Waals surface area contributed by atoms with Gasteiger partial charge in [-0.25, -0.2) is 4.79 Å². The molecule has 0 saturated carbocycles. The third kappa shape index (κ3) is 2.09. The van der Waals surface area contributed by atoms with Gasteiger partial charge in [0.1, 0.15) is 0 Å². The molecular formula is C14H16N2O4. The Morgan fingerprint density at radius 2 is 2.00 bits per heavy atom. The summed E-state index contributed by atoms with van der Waals surface area (Å²) in [5, 5.41) is 23.7. The minimum Gasteiger partial charge on any atom is -0.504 e. The number of carbonyl (C=O) groups is 1. The van der Waals surface area contributed by atoms with Crippen LogP contribution in [0.15, 0.2) is 12.1 Å². The first-order valence-corrected chi connectivity index (χ1v) is 6.01. The lowest BCUT2D eigenvalue weighted by molar-refractivity contribution is 0.0696. The number of ether oxygens (including phenoxy) is 1. The molecule has 2 rings (SSSR count). The van der Waals surface area contributed by atoms with Crippen LogP contribution in [-0.2, 0) is 7.05 Å². The number of nitrogens with zero attached hydrogens (tertiary/aromatic N) is 2. The Balaban J connectivity index is 2.79. The average molecular weight is 276 g/mol. The monoisotopic (exact) mass is 276 g/mol. The van der Waals surface area contributed by atoms with E-state index in [0.717, 1.165) is 5.69 Å². The third-order valence-electron chi connectivity index (χ3n) is 3.32. The zero-order chi connectivity index (χ0) is 15.0. The Bertz CT molecular complexity index is 689. The maximum absolute atomic E-state index is 11.2. The molecule has 106 valence electrons. The number of hydrogen-bond acceptors (Lipinski definition) is 4. The predicted molar refractivity (Wildman–Crippen MR) is 73.3 cm³/mol. The molecule has 0 fully saturated rings. The van der Waals surface area contributed by atoms with Crippen LogP contribution in [0.3, 0.4) is 0 Å². The molecule has 6 heteroatoms. The van der Waals surface area contributed by atoms with E-state index < -0.39 is 5.97 Å². The number of benzene rings is 1. The van der Waals surface area contributed by atoms with Gasteiger partial charge in [-0.05, 0) is 26.0 Å². The van der Waals surface area contributed by atoms with Crippen molar-refractivity contribution in [1.29, 1.82) is 0 Å². The summed E-state index contributed by atoms with van der Waals surface area (Å²) in [5.74, 6) is -1.04. The minimum atomic E-state index is -1.08. The smallest absolute Gasteiger partial charge is 0.335 e. The Kier molecular flexibility index (Phi) is 3.40. The highest BCUT2D eigenvalue weighted by molar-refractivity contribution is 5.92. The molecule has 2 aromatic rings. The van der Waals surface area contributed by atoms with E-state index in [9.17, 15) is 9.90 Å². The van der Waals surface area contributed by atoms with Crippen LogP contribution < -0.4 is 4.74 Å². The molecule has 2 N–H and O–H groups in total. The lowest BCUT2D eigenvalue weighted by Crippen LogP contribution is -1.99. The maximum Gasteiger partial charge on any atom is 0.335 e. The Morgan fingerprint density at radius 3 is 2.45 bits per heavy atom. The van der Waals surface area contributed by atoms with E-state index in [0.29, 0.717) is 16.8 Å². The highest BCUT2D eigenvalue weighted by Crippen LogP contribution is 2.40. The number of carboxylic acids is 1. The fraction of sp³-hybridized carbons (Fsp3) is 0.286. The average Bonchev–Trinajstić information content (AvgIpc) is 2.64. The first-order chi connectivity index (χ1) is 9.36. The van der Waals surface area contributed by atoms with E-state index in [4.69, 9.17) is 9.84 Å². The Labute approximate surface area is 116 Å². The van der Waals surface area contributed by atoms with E-state index in [1.807, 2.05) is 13.8 Å². The molecule has 0 aliphatic heterocycles. The van der Waals surface area contributed by atoms with E-state index in [1.54, 1.807) is 11.7 Å². The van der Waals surface area contributed by atoms with Gasteiger partial charge in [0.15, 0.2) is 11.5 Å². The number of methoxy groups -OCH3 is 1. The standard InChI is InChI=1S/C14H16N2O4/c1-7-12(8(2)16(3)15-7)10-5-9(14(18)19)6-11(20-4)13(10)17/h5-6,17H,1-4H3,(H,18,19). The van der Waals surface area contributed by atoms with Gasteiger partial charge in [0.25, 0.3) is 0 Å². The second-order valence-electron chi connectivity index (χ2n) is 4.55. The molecule has 6 nitrogen and oxygen atoms in total. The van der Waals surface area contributed by atoms with Crippen LogP contribution in [0.4, 0.5) is 0 Å². The Morgan fingerprint density at radius 1 is 1.35 bits per heavy atom. The van der Waals surface area contributed by atoms with E-state index >= 15 is 0 Å². The fourth-order valence-electron chi connectivity index (χ4n) is 2.24. The Hall–Kier alpha value is -2.50. The second kappa shape index (κ2) is 4.88. The number of phenols is 1. The minimum absolute atomic E-state index is 0.0531. The summed E-state index contributed by atoms with van der Waals surface area (Å²) < 4.78 is 6.73. The lowest BCUT2D eigenvalue weighted by atomic mass is 9.99. The van der Waals surface area contributed by atoms with Gasteiger partial charge in [0.05, 0.1) is 18.4 Å². The lowest BCUT2D eigenvalue weighted by Gasteiger charge is -2.11. The third-order valence-corrected chi connectivity index (χ3v) is 3.32. The highest BCUT2D eigenvalue weighted by Gasteiger charge is 2.20. The van der Waals surface area contributed by atoms with Crippen LogP contribution in [-0.4, -0.2) is 33.1 Å². The molecule has 0 atom stereocenters. The van der Waals surface area contributed by atoms with Gasteiger partial charge in [-0.15, -0.1) is 0 Å². The van der Waals surface area contributed by atoms with Crippen molar-refractivity contribution in [2.24, 2.45) is 7.05 Å². The number of aromatic hydroxyl groups is 1. The van der Waals surface area contributed by atoms with Gasteiger partial charge in [-0.2, -0.15) is 5.10 Å². The normalized spacial score (nSPS) is 10.6. The number of rotatable bonds is 3. The van der Waals surface area contributed by atoms with Gasteiger partial charge in [-0.1, -0.05) is 0 Å².